The molecule has 2 aliphatic rings. The number of carboxylic acids is 1. The smallest absolute Gasteiger partial charge is 0.308 e. The molecule has 0 heterocycles. The van der Waals surface area contributed by atoms with Crippen LogP contribution < -0.4 is 5.32 Å². The number of carboxylic acid groups (broad SMARTS) is 1. The van der Waals surface area contributed by atoms with Crippen molar-refractivity contribution in [2.24, 2.45) is 17.8 Å². The lowest BCUT2D eigenvalue weighted by Crippen LogP contribution is -2.45. The number of fused-ring (bicyclic) bond motifs is 2. The Morgan fingerprint density at radius 1 is 1.35 bits per heavy atom. The van der Waals surface area contributed by atoms with Gasteiger partial charge in [-0.1, -0.05) is 34.1 Å². The number of nitrogens with one attached hydrogen (secondary N) is 1. The molecule has 2 bridgehead atoms. The van der Waals surface area contributed by atoms with Crippen molar-refractivity contribution < 1.29 is 9.90 Å². The number of hydrogen-bond acceptors (Lipinski definition) is 2. The number of rotatable bonds is 4. The van der Waals surface area contributed by atoms with E-state index >= 15 is 0 Å². The highest BCUT2D eigenvalue weighted by Crippen LogP contribution is 2.49. The maximum atomic E-state index is 11.5. The van der Waals surface area contributed by atoms with Gasteiger partial charge in [0.25, 0.3) is 0 Å². The van der Waals surface area contributed by atoms with E-state index in [1.807, 2.05) is 18.2 Å². The van der Waals surface area contributed by atoms with Gasteiger partial charge in [-0.3, -0.25) is 4.79 Å². The van der Waals surface area contributed by atoms with Crippen LogP contribution in [0.4, 0.5) is 0 Å². The summed E-state index contributed by atoms with van der Waals surface area (Å²) >= 11 is 3.57. The van der Waals surface area contributed by atoms with Crippen LogP contribution in [-0.2, 0) is 4.79 Å². The van der Waals surface area contributed by atoms with Gasteiger partial charge in [0.15, 0.2) is 0 Å². The minimum absolute atomic E-state index is 0.119. The highest BCUT2D eigenvalue weighted by molar-refractivity contribution is 9.10. The molecule has 5 atom stereocenters. The fraction of sp³-hybridized carbons (Fsp3) is 0.562. The topological polar surface area (TPSA) is 49.3 Å². The molecule has 0 amide bonds. The van der Waals surface area contributed by atoms with Crippen LogP contribution in [-0.4, -0.2) is 17.1 Å². The van der Waals surface area contributed by atoms with Crippen LogP contribution in [0, 0.1) is 17.8 Å². The lowest BCUT2D eigenvalue weighted by molar-refractivity contribution is -0.144. The number of halogens is 1. The van der Waals surface area contributed by atoms with Gasteiger partial charge in [-0.25, -0.2) is 0 Å². The number of carbonyl (C=O) groups is 1. The quantitative estimate of drug-likeness (QED) is 0.882. The predicted octanol–water partition coefficient (Wildman–Crippen LogP) is 3.60. The van der Waals surface area contributed by atoms with Crippen molar-refractivity contribution in [3.8, 4) is 0 Å². The molecule has 0 aromatic heterocycles. The molecule has 3 nitrogen and oxygen atoms in total. The number of aliphatic carboxylic acids is 1. The Bertz CT molecular complexity index is 519. The van der Waals surface area contributed by atoms with E-state index in [1.165, 1.54) is 12.0 Å². The van der Waals surface area contributed by atoms with Gasteiger partial charge < -0.3 is 10.4 Å². The lowest BCUT2D eigenvalue weighted by Gasteiger charge is -2.32. The van der Waals surface area contributed by atoms with Crippen molar-refractivity contribution in [2.45, 2.75) is 38.3 Å². The molecule has 2 saturated carbocycles. The van der Waals surface area contributed by atoms with E-state index < -0.39 is 5.97 Å². The van der Waals surface area contributed by atoms with Gasteiger partial charge >= 0.3 is 5.97 Å². The van der Waals surface area contributed by atoms with Crippen molar-refractivity contribution in [1.29, 1.82) is 0 Å². The SMILES string of the molecule is CC(NC1C2CCC(C2)C1C(=O)O)c1ccccc1Br. The maximum absolute atomic E-state index is 11.5. The molecule has 0 radical (unpaired) electrons. The van der Waals surface area contributed by atoms with E-state index in [4.69, 9.17) is 0 Å². The molecular weight excluding hydrogens is 318 g/mol. The fourth-order valence-corrected chi connectivity index (χ4v) is 4.72. The number of benzene rings is 1. The predicted molar refractivity (Wildman–Crippen MR) is 81.4 cm³/mol. The Morgan fingerprint density at radius 2 is 2.05 bits per heavy atom. The summed E-state index contributed by atoms with van der Waals surface area (Å²) in [6, 6.07) is 8.42. The second-order valence-corrected chi connectivity index (χ2v) is 6.99. The molecule has 108 valence electrons. The van der Waals surface area contributed by atoms with E-state index in [1.54, 1.807) is 0 Å². The summed E-state index contributed by atoms with van der Waals surface area (Å²) in [6.45, 7) is 2.12. The van der Waals surface area contributed by atoms with Crippen LogP contribution >= 0.6 is 15.9 Å². The van der Waals surface area contributed by atoms with E-state index in [2.05, 4.69) is 34.2 Å². The van der Waals surface area contributed by atoms with Crippen LogP contribution in [0.15, 0.2) is 28.7 Å². The van der Waals surface area contributed by atoms with E-state index in [-0.39, 0.29) is 18.0 Å². The molecule has 0 aliphatic heterocycles. The Balaban J connectivity index is 1.77. The van der Waals surface area contributed by atoms with Crippen molar-refractivity contribution in [3.05, 3.63) is 34.3 Å². The van der Waals surface area contributed by atoms with Crippen LogP contribution in [0.2, 0.25) is 0 Å². The Labute approximate surface area is 127 Å². The van der Waals surface area contributed by atoms with Crippen LogP contribution in [0.5, 0.6) is 0 Å². The third kappa shape index (κ3) is 2.40. The first-order valence-corrected chi connectivity index (χ1v) is 8.10. The molecule has 3 rings (SSSR count). The monoisotopic (exact) mass is 337 g/mol. The Morgan fingerprint density at radius 3 is 2.75 bits per heavy atom. The minimum Gasteiger partial charge on any atom is -0.481 e. The summed E-state index contributed by atoms with van der Waals surface area (Å²) in [7, 11) is 0. The zero-order chi connectivity index (χ0) is 14.3. The molecule has 2 fully saturated rings. The first kappa shape index (κ1) is 14.1. The van der Waals surface area contributed by atoms with Gasteiger partial charge in [0.2, 0.25) is 0 Å². The third-order valence-electron chi connectivity index (χ3n) is 5.02. The van der Waals surface area contributed by atoms with Crippen molar-refractivity contribution in [1.82, 2.24) is 5.32 Å². The molecular formula is C16H20BrNO2. The maximum Gasteiger partial charge on any atom is 0.308 e. The van der Waals surface area contributed by atoms with Crippen LogP contribution in [0.25, 0.3) is 0 Å². The summed E-state index contributed by atoms with van der Waals surface area (Å²) in [5.74, 6) is 0.0696. The zero-order valence-corrected chi connectivity index (χ0v) is 13.1. The van der Waals surface area contributed by atoms with Crippen LogP contribution in [0.3, 0.4) is 0 Å². The molecule has 5 unspecified atom stereocenters. The third-order valence-corrected chi connectivity index (χ3v) is 5.74. The second kappa shape index (κ2) is 5.49. The lowest BCUT2D eigenvalue weighted by atomic mass is 9.84. The molecule has 1 aromatic rings. The number of hydrogen-bond donors (Lipinski definition) is 2. The molecule has 20 heavy (non-hydrogen) atoms. The van der Waals surface area contributed by atoms with Crippen LogP contribution in [0.1, 0.15) is 37.8 Å². The summed E-state index contributed by atoms with van der Waals surface area (Å²) in [4.78, 5) is 11.5. The van der Waals surface area contributed by atoms with E-state index in [0.717, 1.165) is 17.3 Å². The molecule has 1 aromatic carbocycles. The first-order valence-electron chi connectivity index (χ1n) is 7.31. The minimum atomic E-state index is -0.631. The Hall–Kier alpha value is -0.870. The second-order valence-electron chi connectivity index (χ2n) is 6.13. The van der Waals surface area contributed by atoms with E-state index in [0.29, 0.717) is 11.8 Å². The van der Waals surface area contributed by atoms with Crippen molar-refractivity contribution in [2.75, 3.05) is 0 Å². The van der Waals surface area contributed by atoms with Gasteiger partial charge in [0.1, 0.15) is 0 Å². The first-order chi connectivity index (χ1) is 9.58. The average Bonchev–Trinajstić information content (AvgIpc) is 2.99. The highest BCUT2D eigenvalue weighted by Gasteiger charge is 2.51. The molecule has 2 N–H and O–H groups in total. The van der Waals surface area contributed by atoms with Crippen molar-refractivity contribution in [3.63, 3.8) is 0 Å². The average molecular weight is 338 g/mol. The molecule has 4 heteroatoms. The molecule has 0 spiro atoms. The molecule has 0 saturated heterocycles. The van der Waals surface area contributed by atoms with Gasteiger partial charge in [0, 0.05) is 16.6 Å². The normalized spacial score (nSPS) is 33.3. The summed E-state index contributed by atoms with van der Waals surface area (Å²) in [5, 5.41) is 13.1. The fourth-order valence-electron chi connectivity index (χ4n) is 4.09. The summed E-state index contributed by atoms with van der Waals surface area (Å²) in [5.41, 5.74) is 1.19. The summed E-state index contributed by atoms with van der Waals surface area (Å²) < 4.78 is 1.08. The van der Waals surface area contributed by atoms with Gasteiger partial charge in [0.05, 0.1) is 5.92 Å². The molecule has 2 aliphatic carbocycles. The van der Waals surface area contributed by atoms with Gasteiger partial charge in [-0.2, -0.15) is 0 Å². The summed E-state index contributed by atoms with van der Waals surface area (Å²) in [6.07, 6.45) is 3.34. The van der Waals surface area contributed by atoms with E-state index in [9.17, 15) is 9.90 Å². The van der Waals surface area contributed by atoms with Crippen molar-refractivity contribution >= 4 is 21.9 Å². The zero-order valence-electron chi connectivity index (χ0n) is 11.6. The van der Waals surface area contributed by atoms with Gasteiger partial charge in [-0.05, 0) is 49.7 Å². The highest BCUT2D eigenvalue weighted by atomic mass is 79.9. The standard InChI is InChI=1S/C16H20BrNO2/c1-9(12-4-2-3-5-13(12)17)18-15-11-7-6-10(8-11)14(15)16(19)20/h2-5,9-11,14-15,18H,6-8H2,1H3,(H,19,20). The Kier molecular flexibility index (Phi) is 3.87. The van der Waals surface area contributed by atoms with Gasteiger partial charge in [-0.15, -0.1) is 0 Å². The largest absolute Gasteiger partial charge is 0.481 e.